The second-order valence-corrected chi connectivity index (χ2v) is 3.73. The maximum atomic E-state index is 13.8. The fraction of sp³-hybridized carbons (Fsp3) is 0.182. The number of hydrogen-bond acceptors (Lipinski definition) is 3. The number of aromatic amines is 1. The molecule has 0 aliphatic heterocycles. The van der Waals surface area contributed by atoms with Gasteiger partial charge in [-0.25, -0.2) is 5.10 Å². The van der Waals surface area contributed by atoms with Gasteiger partial charge in [0.25, 0.3) is 0 Å². The Hall–Kier alpha value is -2.31. The van der Waals surface area contributed by atoms with E-state index in [2.05, 4.69) is 15.2 Å². The Morgan fingerprint density at radius 1 is 1.33 bits per heavy atom. The minimum absolute atomic E-state index is 0.119. The van der Waals surface area contributed by atoms with Crippen LogP contribution in [-0.4, -0.2) is 21.1 Å². The van der Waals surface area contributed by atoms with Crippen molar-refractivity contribution in [1.82, 2.24) is 15.2 Å². The van der Waals surface area contributed by atoms with Gasteiger partial charge < -0.3 is 0 Å². The fourth-order valence-corrected chi connectivity index (χ4v) is 1.35. The Kier molecular flexibility index (Phi) is 3.05. The first-order chi connectivity index (χ1) is 8.50. The first-order valence-corrected chi connectivity index (χ1v) is 5.12. The molecule has 0 spiro atoms. The smallest absolute Gasteiger partial charge is 0.289 e. The molecule has 0 radical (unpaired) electrons. The molecule has 18 heavy (non-hydrogen) atoms. The number of nitrogens with one attached hydrogen (secondary N) is 2. The standard InChI is InChI=1S/C11H10F2N4O/c1-7-2-4-8(5-3-7)11(12,13)9(18)16-10-14-6-15-17-10/h2-6H,1H3,(H2,14,15,16,17,18). The number of aromatic nitrogens is 3. The Morgan fingerprint density at radius 2 is 2.00 bits per heavy atom. The van der Waals surface area contributed by atoms with Gasteiger partial charge in [-0.15, -0.1) is 0 Å². The molecule has 1 aromatic carbocycles. The van der Waals surface area contributed by atoms with Crippen molar-refractivity contribution in [2.24, 2.45) is 0 Å². The third kappa shape index (κ3) is 2.34. The van der Waals surface area contributed by atoms with Gasteiger partial charge >= 0.3 is 11.8 Å². The minimum atomic E-state index is -3.62. The zero-order valence-corrected chi connectivity index (χ0v) is 9.45. The molecule has 0 atom stereocenters. The number of alkyl halides is 2. The molecule has 2 rings (SSSR count). The van der Waals surface area contributed by atoms with E-state index in [1.807, 2.05) is 5.32 Å². The van der Waals surface area contributed by atoms with Gasteiger partial charge in [0.05, 0.1) is 0 Å². The molecular weight excluding hydrogens is 242 g/mol. The molecule has 0 aliphatic carbocycles. The first-order valence-electron chi connectivity index (χ1n) is 5.12. The van der Waals surface area contributed by atoms with Gasteiger partial charge in [0, 0.05) is 5.56 Å². The van der Waals surface area contributed by atoms with Crippen LogP contribution < -0.4 is 5.32 Å². The Balaban J connectivity index is 2.19. The summed E-state index contributed by atoms with van der Waals surface area (Å²) in [5.74, 6) is -5.20. The molecule has 2 N–H and O–H groups in total. The number of benzene rings is 1. The summed E-state index contributed by atoms with van der Waals surface area (Å²) in [6, 6.07) is 5.47. The number of aryl methyl sites for hydroxylation is 1. The van der Waals surface area contributed by atoms with Gasteiger partial charge in [-0.3, -0.25) is 10.1 Å². The predicted molar refractivity (Wildman–Crippen MR) is 60.1 cm³/mol. The Morgan fingerprint density at radius 3 is 2.56 bits per heavy atom. The van der Waals surface area contributed by atoms with Gasteiger partial charge in [0.2, 0.25) is 5.95 Å². The highest BCUT2D eigenvalue weighted by atomic mass is 19.3. The van der Waals surface area contributed by atoms with Gasteiger partial charge in [-0.1, -0.05) is 29.8 Å². The molecule has 0 saturated heterocycles. The average molecular weight is 252 g/mol. The molecule has 0 unspecified atom stereocenters. The predicted octanol–water partition coefficient (Wildman–Crippen LogP) is 1.84. The van der Waals surface area contributed by atoms with Crippen molar-refractivity contribution in [3.05, 3.63) is 41.7 Å². The number of halogens is 2. The second kappa shape index (κ2) is 4.52. The van der Waals surface area contributed by atoms with E-state index >= 15 is 0 Å². The lowest BCUT2D eigenvalue weighted by atomic mass is 10.1. The van der Waals surface area contributed by atoms with Crippen LogP contribution in [0.1, 0.15) is 11.1 Å². The van der Waals surface area contributed by atoms with Gasteiger partial charge in [0.1, 0.15) is 6.33 Å². The highest BCUT2D eigenvalue weighted by molar-refractivity contribution is 5.95. The topological polar surface area (TPSA) is 70.7 Å². The van der Waals surface area contributed by atoms with Crippen molar-refractivity contribution in [2.45, 2.75) is 12.8 Å². The molecule has 1 heterocycles. The van der Waals surface area contributed by atoms with Crippen molar-refractivity contribution in [3.63, 3.8) is 0 Å². The van der Waals surface area contributed by atoms with Crippen molar-refractivity contribution in [2.75, 3.05) is 5.32 Å². The van der Waals surface area contributed by atoms with Crippen LogP contribution >= 0.6 is 0 Å². The number of rotatable bonds is 3. The highest BCUT2D eigenvalue weighted by Gasteiger charge is 2.41. The molecule has 1 amide bonds. The molecule has 7 heteroatoms. The van der Waals surface area contributed by atoms with Crippen LogP contribution in [0, 0.1) is 6.92 Å². The lowest BCUT2D eigenvalue weighted by molar-refractivity contribution is -0.141. The maximum Gasteiger partial charge on any atom is 0.350 e. The molecule has 0 bridgehead atoms. The van der Waals surface area contributed by atoms with Crippen LogP contribution in [0.3, 0.4) is 0 Å². The minimum Gasteiger partial charge on any atom is -0.289 e. The summed E-state index contributed by atoms with van der Waals surface area (Å²) in [6.07, 6.45) is 1.11. The van der Waals surface area contributed by atoms with Crippen LogP contribution in [0.4, 0.5) is 14.7 Å². The van der Waals surface area contributed by atoms with E-state index in [9.17, 15) is 13.6 Å². The zero-order valence-electron chi connectivity index (χ0n) is 9.45. The average Bonchev–Trinajstić information content (AvgIpc) is 2.82. The van der Waals surface area contributed by atoms with Crippen molar-refractivity contribution >= 4 is 11.9 Å². The summed E-state index contributed by atoms with van der Waals surface area (Å²) < 4.78 is 27.6. The van der Waals surface area contributed by atoms with Crippen molar-refractivity contribution < 1.29 is 13.6 Å². The van der Waals surface area contributed by atoms with Crippen LogP contribution in [0.2, 0.25) is 0 Å². The molecule has 2 aromatic rings. The Labute approximate surface area is 101 Å². The van der Waals surface area contributed by atoms with E-state index in [-0.39, 0.29) is 11.5 Å². The number of amides is 1. The summed E-state index contributed by atoms with van der Waals surface area (Å²) in [6.45, 7) is 1.77. The number of carbonyl (C=O) groups is 1. The normalized spacial score (nSPS) is 11.3. The summed E-state index contributed by atoms with van der Waals surface area (Å²) in [5, 5.41) is 7.68. The lowest BCUT2D eigenvalue weighted by Crippen LogP contribution is -2.32. The van der Waals surface area contributed by atoms with Gasteiger partial charge in [0.15, 0.2) is 0 Å². The quantitative estimate of drug-likeness (QED) is 0.875. The molecule has 1 aromatic heterocycles. The monoisotopic (exact) mass is 252 g/mol. The third-order valence-corrected chi connectivity index (χ3v) is 2.35. The molecular formula is C11H10F2N4O. The summed E-state index contributed by atoms with van der Waals surface area (Å²) >= 11 is 0. The summed E-state index contributed by atoms with van der Waals surface area (Å²) in [5.41, 5.74) is 0.468. The third-order valence-electron chi connectivity index (χ3n) is 2.35. The zero-order chi connectivity index (χ0) is 13.2. The van der Waals surface area contributed by atoms with Crippen LogP contribution in [0.25, 0.3) is 0 Å². The summed E-state index contributed by atoms with van der Waals surface area (Å²) in [7, 11) is 0. The highest BCUT2D eigenvalue weighted by Crippen LogP contribution is 2.29. The van der Waals surface area contributed by atoms with Crippen LogP contribution in [-0.2, 0) is 10.7 Å². The maximum absolute atomic E-state index is 13.8. The van der Waals surface area contributed by atoms with E-state index in [0.717, 1.165) is 11.9 Å². The summed E-state index contributed by atoms with van der Waals surface area (Å²) in [4.78, 5) is 15.0. The molecule has 94 valence electrons. The fourth-order valence-electron chi connectivity index (χ4n) is 1.35. The van der Waals surface area contributed by atoms with Crippen molar-refractivity contribution in [3.8, 4) is 0 Å². The van der Waals surface area contributed by atoms with Crippen LogP contribution in [0.5, 0.6) is 0 Å². The molecule has 0 fully saturated rings. The molecule has 0 saturated carbocycles. The van der Waals surface area contributed by atoms with E-state index in [1.165, 1.54) is 24.3 Å². The lowest BCUT2D eigenvalue weighted by Gasteiger charge is -2.15. The Bertz CT molecular complexity index is 537. The molecule has 5 nitrogen and oxygen atoms in total. The van der Waals surface area contributed by atoms with E-state index in [0.29, 0.717) is 0 Å². The van der Waals surface area contributed by atoms with Gasteiger partial charge in [-0.05, 0) is 6.92 Å². The second-order valence-electron chi connectivity index (χ2n) is 3.73. The number of H-pyrrole nitrogens is 1. The number of hydrogen-bond donors (Lipinski definition) is 2. The number of anilines is 1. The first kappa shape index (κ1) is 12.2. The SMILES string of the molecule is Cc1ccc(C(F)(F)C(=O)Nc2ncn[nH]2)cc1. The van der Waals surface area contributed by atoms with E-state index < -0.39 is 11.8 Å². The number of carbonyl (C=O) groups excluding carboxylic acids is 1. The van der Waals surface area contributed by atoms with E-state index in [1.54, 1.807) is 6.92 Å². The number of nitrogens with zero attached hydrogens (tertiary/aromatic N) is 2. The molecule has 0 aliphatic rings. The van der Waals surface area contributed by atoms with Crippen molar-refractivity contribution in [1.29, 1.82) is 0 Å². The largest absolute Gasteiger partial charge is 0.350 e. The van der Waals surface area contributed by atoms with Crippen LogP contribution in [0.15, 0.2) is 30.6 Å². The van der Waals surface area contributed by atoms with E-state index in [4.69, 9.17) is 0 Å². The van der Waals surface area contributed by atoms with Gasteiger partial charge in [-0.2, -0.15) is 18.9 Å².